The number of hydrogen-bond acceptors (Lipinski definition) is 5. The van der Waals surface area contributed by atoms with E-state index >= 15 is 0 Å². The maximum absolute atomic E-state index is 12.9. The number of nitrogens with zero attached hydrogens (tertiary/aromatic N) is 1. The van der Waals surface area contributed by atoms with Gasteiger partial charge in [-0.05, 0) is 0 Å². The van der Waals surface area contributed by atoms with Crippen LogP contribution >= 0.6 is 11.3 Å². The number of rotatable bonds is 3. The monoisotopic (exact) mass is 324 g/mol. The third kappa shape index (κ3) is 2.61. The Labute approximate surface area is 118 Å². The molecule has 21 heavy (non-hydrogen) atoms. The van der Waals surface area contributed by atoms with Crippen LogP contribution in [0.15, 0.2) is 5.51 Å². The number of imide groups is 1. The van der Waals surface area contributed by atoms with E-state index in [1.54, 1.807) is 10.6 Å². The zero-order valence-corrected chi connectivity index (χ0v) is 10.8. The fraction of sp³-hybridized carbons (Fsp3) is 0.333. The second kappa shape index (κ2) is 4.87. The zero-order chi connectivity index (χ0) is 15.8. The van der Waals surface area contributed by atoms with Crippen molar-refractivity contribution in [3.63, 3.8) is 0 Å². The molecule has 1 aromatic rings. The van der Waals surface area contributed by atoms with Crippen LogP contribution < -0.4 is 16.0 Å². The van der Waals surface area contributed by atoms with Gasteiger partial charge in [-0.15, -0.1) is 11.3 Å². The molecule has 1 atom stereocenters. The van der Waals surface area contributed by atoms with E-state index in [-0.39, 0.29) is 11.3 Å². The molecule has 4 N–H and O–H groups in total. The van der Waals surface area contributed by atoms with E-state index < -0.39 is 46.9 Å². The molecule has 2 heterocycles. The van der Waals surface area contributed by atoms with Crippen LogP contribution in [0.4, 0.5) is 22.8 Å². The van der Waals surface area contributed by atoms with Crippen molar-refractivity contribution in [2.75, 3.05) is 6.54 Å². The SMILES string of the molecule is O=C(O)NCC1(c2ncsc2C(F)(F)F)NC(=O)NC1=O. The highest BCUT2D eigenvalue weighted by Gasteiger charge is 2.54. The van der Waals surface area contributed by atoms with Gasteiger partial charge in [-0.2, -0.15) is 13.2 Å². The predicted molar refractivity (Wildman–Crippen MR) is 61.5 cm³/mol. The minimum absolute atomic E-state index is 0.237. The normalized spacial score (nSPS) is 21.9. The van der Waals surface area contributed by atoms with Gasteiger partial charge in [0.1, 0.15) is 10.6 Å². The summed E-state index contributed by atoms with van der Waals surface area (Å²) in [5, 5.41) is 14.1. The number of carbonyl (C=O) groups is 3. The minimum atomic E-state index is -4.79. The number of amides is 4. The Morgan fingerprint density at radius 2 is 2.14 bits per heavy atom. The summed E-state index contributed by atoms with van der Waals surface area (Å²) in [5.74, 6) is -1.11. The van der Waals surface area contributed by atoms with Gasteiger partial charge in [0, 0.05) is 0 Å². The Hall–Kier alpha value is -2.37. The van der Waals surface area contributed by atoms with Crippen LogP contribution in [0, 0.1) is 0 Å². The molecule has 2 rings (SSSR count). The number of halogens is 3. The molecule has 0 spiro atoms. The standard InChI is InChI=1S/C9H7F3N4O4S/c10-9(11,12)4-3(14-2-21-4)8(1-13-7(19)20)5(17)15-6(18)16-8/h2,13H,1H2,(H,19,20)(H2,15,16,17,18). The van der Waals surface area contributed by atoms with Gasteiger partial charge in [0.15, 0.2) is 5.54 Å². The van der Waals surface area contributed by atoms with Crippen molar-refractivity contribution >= 4 is 29.4 Å². The van der Waals surface area contributed by atoms with Crippen molar-refractivity contribution in [3.8, 4) is 0 Å². The maximum atomic E-state index is 12.9. The Morgan fingerprint density at radius 1 is 1.48 bits per heavy atom. The van der Waals surface area contributed by atoms with Gasteiger partial charge in [0.25, 0.3) is 5.91 Å². The van der Waals surface area contributed by atoms with Crippen LogP contribution in [0.1, 0.15) is 10.6 Å². The number of thiazole rings is 1. The zero-order valence-electron chi connectivity index (χ0n) is 9.95. The lowest BCUT2D eigenvalue weighted by atomic mass is 9.94. The van der Waals surface area contributed by atoms with Crippen LogP contribution in [-0.4, -0.2) is 34.7 Å². The second-order valence-corrected chi connectivity index (χ2v) is 4.85. The van der Waals surface area contributed by atoms with Gasteiger partial charge in [-0.25, -0.2) is 14.6 Å². The van der Waals surface area contributed by atoms with Crippen molar-refractivity contribution in [1.82, 2.24) is 20.9 Å². The first kappa shape index (κ1) is 15.0. The molecule has 0 aliphatic carbocycles. The highest BCUT2D eigenvalue weighted by Crippen LogP contribution is 2.39. The number of carboxylic acid groups (broad SMARTS) is 1. The largest absolute Gasteiger partial charge is 0.465 e. The molecule has 0 radical (unpaired) electrons. The Bertz CT molecular complexity index is 616. The fourth-order valence-corrected chi connectivity index (χ4v) is 2.56. The van der Waals surface area contributed by atoms with E-state index in [0.29, 0.717) is 0 Å². The first-order valence-electron chi connectivity index (χ1n) is 5.28. The minimum Gasteiger partial charge on any atom is -0.465 e. The summed E-state index contributed by atoms with van der Waals surface area (Å²) in [7, 11) is 0. The summed E-state index contributed by atoms with van der Waals surface area (Å²) in [4.78, 5) is 36.0. The van der Waals surface area contributed by atoms with Crippen LogP contribution in [0.5, 0.6) is 0 Å². The molecule has 1 fully saturated rings. The summed E-state index contributed by atoms with van der Waals surface area (Å²) in [6.45, 7) is -0.785. The van der Waals surface area contributed by atoms with Crippen molar-refractivity contribution in [2.45, 2.75) is 11.7 Å². The smallest absolute Gasteiger partial charge is 0.427 e. The Balaban J connectivity index is 2.51. The second-order valence-electron chi connectivity index (χ2n) is 4.00. The van der Waals surface area contributed by atoms with Crippen LogP contribution in [0.3, 0.4) is 0 Å². The first-order chi connectivity index (χ1) is 9.67. The summed E-state index contributed by atoms with van der Waals surface area (Å²) in [5.41, 5.74) is -2.13. The summed E-state index contributed by atoms with van der Waals surface area (Å²) >= 11 is 0.237. The molecule has 8 nitrogen and oxygen atoms in total. The van der Waals surface area contributed by atoms with E-state index in [2.05, 4.69) is 4.98 Å². The molecule has 1 aromatic heterocycles. The van der Waals surface area contributed by atoms with Gasteiger partial charge in [0.05, 0.1) is 12.1 Å². The Kier molecular flexibility index (Phi) is 3.49. The van der Waals surface area contributed by atoms with Crippen LogP contribution in [-0.2, 0) is 16.5 Å². The summed E-state index contributed by atoms with van der Waals surface area (Å²) in [6, 6.07) is -1.03. The molecule has 12 heteroatoms. The molecule has 0 aromatic carbocycles. The topological polar surface area (TPSA) is 120 Å². The van der Waals surface area contributed by atoms with Crippen molar-refractivity contribution < 1.29 is 32.7 Å². The van der Waals surface area contributed by atoms with E-state index in [0.717, 1.165) is 5.51 Å². The molecule has 1 saturated heterocycles. The third-order valence-corrected chi connectivity index (χ3v) is 3.55. The molecular formula is C9H7F3N4O4S. The average Bonchev–Trinajstić information content (AvgIpc) is 2.91. The lowest BCUT2D eigenvalue weighted by molar-refractivity contribution is -0.136. The maximum Gasteiger partial charge on any atom is 0.427 e. The van der Waals surface area contributed by atoms with Gasteiger partial charge in [0.2, 0.25) is 0 Å². The molecule has 0 saturated carbocycles. The van der Waals surface area contributed by atoms with Crippen molar-refractivity contribution in [2.24, 2.45) is 0 Å². The van der Waals surface area contributed by atoms with E-state index in [1.165, 1.54) is 0 Å². The first-order valence-corrected chi connectivity index (χ1v) is 6.16. The van der Waals surface area contributed by atoms with Gasteiger partial charge in [-0.1, -0.05) is 0 Å². The number of alkyl halides is 3. The van der Waals surface area contributed by atoms with E-state index in [1.807, 2.05) is 5.32 Å². The Morgan fingerprint density at radius 3 is 2.62 bits per heavy atom. The van der Waals surface area contributed by atoms with Gasteiger partial charge < -0.3 is 15.7 Å². The van der Waals surface area contributed by atoms with Gasteiger partial charge >= 0.3 is 18.3 Å². The van der Waals surface area contributed by atoms with Crippen molar-refractivity contribution in [1.29, 1.82) is 0 Å². The summed E-state index contributed by atoms with van der Waals surface area (Å²) < 4.78 is 38.8. The van der Waals surface area contributed by atoms with E-state index in [4.69, 9.17) is 5.11 Å². The lowest BCUT2D eigenvalue weighted by Gasteiger charge is -2.25. The molecule has 1 unspecified atom stereocenters. The van der Waals surface area contributed by atoms with Crippen LogP contribution in [0.25, 0.3) is 0 Å². The fourth-order valence-electron chi connectivity index (χ4n) is 1.83. The highest BCUT2D eigenvalue weighted by atomic mass is 32.1. The quantitative estimate of drug-likeness (QED) is 0.602. The molecule has 1 aliphatic rings. The third-order valence-electron chi connectivity index (χ3n) is 2.68. The van der Waals surface area contributed by atoms with Gasteiger partial charge in [-0.3, -0.25) is 10.1 Å². The van der Waals surface area contributed by atoms with Crippen molar-refractivity contribution in [3.05, 3.63) is 16.1 Å². The predicted octanol–water partition coefficient (Wildman–Crippen LogP) is 0.464. The molecule has 114 valence electrons. The molecular weight excluding hydrogens is 317 g/mol. The number of hydrogen-bond donors (Lipinski definition) is 4. The molecule has 1 aliphatic heterocycles. The van der Waals surface area contributed by atoms with Crippen LogP contribution in [0.2, 0.25) is 0 Å². The summed E-state index contributed by atoms with van der Waals surface area (Å²) in [6.07, 6.45) is -6.35. The number of nitrogens with one attached hydrogen (secondary N) is 3. The number of aromatic nitrogens is 1. The number of carbonyl (C=O) groups excluding carboxylic acids is 2. The lowest BCUT2D eigenvalue weighted by Crippen LogP contribution is -2.53. The molecule has 0 bridgehead atoms. The number of urea groups is 1. The molecule has 4 amide bonds. The average molecular weight is 324 g/mol. The van der Waals surface area contributed by atoms with E-state index in [9.17, 15) is 27.6 Å². The highest BCUT2D eigenvalue weighted by molar-refractivity contribution is 7.09.